The van der Waals surface area contributed by atoms with Crippen LogP contribution in [0.4, 0.5) is 4.79 Å². The number of halogens is 1. The average Bonchev–Trinajstić information content (AvgIpc) is 3.22. The molecule has 1 aliphatic rings. The summed E-state index contributed by atoms with van der Waals surface area (Å²) in [6.45, 7) is 0.124. The van der Waals surface area contributed by atoms with Crippen molar-refractivity contribution in [1.82, 2.24) is 4.90 Å². The van der Waals surface area contributed by atoms with Crippen LogP contribution in [-0.2, 0) is 4.79 Å². The second-order valence-electron chi connectivity index (χ2n) is 6.93. The van der Waals surface area contributed by atoms with Gasteiger partial charge >= 0.3 is 12.1 Å². The van der Waals surface area contributed by atoms with E-state index in [2.05, 4.69) is 15.9 Å². The van der Waals surface area contributed by atoms with Gasteiger partial charge < -0.3 is 10.2 Å². The molecule has 1 fully saturated rings. The monoisotopic (exact) mass is 461 g/mol. The smallest absolute Gasteiger partial charge is 0.408 e. The van der Waals surface area contributed by atoms with E-state index in [1.54, 1.807) is 23.5 Å². The number of hydrogen-bond acceptors (Lipinski definition) is 4. The predicted molar refractivity (Wildman–Crippen MR) is 110 cm³/mol. The van der Waals surface area contributed by atoms with Crippen LogP contribution in [0.2, 0.25) is 0 Å². The van der Waals surface area contributed by atoms with E-state index >= 15 is 0 Å². The van der Waals surface area contributed by atoms with Gasteiger partial charge in [0, 0.05) is 43.2 Å². The number of Topliss-reactive ketones (excluding diaryl/α,β-unsaturated/α-hetero) is 1. The third-order valence-electron chi connectivity index (χ3n) is 5.33. The van der Waals surface area contributed by atoms with Crippen LogP contribution in [0.5, 0.6) is 0 Å². The molecule has 6 nitrogen and oxygen atoms in total. The summed E-state index contributed by atoms with van der Waals surface area (Å²) in [5.74, 6) is -1.63. The molecule has 0 spiro atoms. The number of fused-ring (bicyclic) bond motifs is 3. The second kappa shape index (κ2) is 6.86. The van der Waals surface area contributed by atoms with Crippen LogP contribution in [0, 0.1) is 0 Å². The number of carbonyl (C=O) groups is 3. The highest BCUT2D eigenvalue weighted by atomic mass is 79.9. The Labute approximate surface area is 172 Å². The lowest BCUT2D eigenvalue weighted by atomic mass is 9.88. The molecule has 0 radical (unpaired) electrons. The van der Waals surface area contributed by atoms with Crippen molar-refractivity contribution in [2.75, 3.05) is 6.54 Å². The molecule has 28 heavy (non-hydrogen) atoms. The third kappa shape index (κ3) is 2.97. The fourth-order valence-electron chi connectivity index (χ4n) is 3.93. The van der Waals surface area contributed by atoms with Crippen molar-refractivity contribution in [2.24, 2.45) is 0 Å². The summed E-state index contributed by atoms with van der Waals surface area (Å²) in [6.07, 6.45) is -1.11. The van der Waals surface area contributed by atoms with Gasteiger partial charge in [0.1, 0.15) is 0 Å². The number of ketones is 1. The number of nitrogens with zero attached hydrogens (tertiary/aromatic N) is 1. The largest absolute Gasteiger partial charge is 0.479 e. The fourth-order valence-corrected chi connectivity index (χ4v) is 5.63. The Hall–Kier alpha value is -2.45. The lowest BCUT2D eigenvalue weighted by Crippen LogP contribution is -2.53. The van der Waals surface area contributed by atoms with Gasteiger partial charge in [0.15, 0.2) is 11.3 Å². The highest BCUT2D eigenvalue weighted by molar-refractivity contribution is 9.10. The molecule has 0 bridgehead atoms. The first-order chi connectivity index (χ1) is 13.3. The molecule has 2 heterocycles. The van der Waals surface area contributed by atoms with Gasteiger partial charge in [0.05, 0.1) is 0 Å². The van der Waals surface area contributed by atoms with Crippen molar-refractivity contribution in [1.29, 1.82) is 0 Å². The molecule has 1 amide bonds. The zero-order valence-corrected chi connectivity index (χ0v) is 17.0. The van der Waals surface area contributed by atoms with E-state index in [-0.39, 0.29) is 25.2 Å². The van der Waals surface area contributed by atoms with Crippen molar-refractivity contribution in [3.63, 3.8) is 0 Å². The molecule has 2 aromatic carbocycles. The Morgan fingerprint density at radius 3 is 2.43 bits per heavy atom. The number of carboxylic acids is 1. The van der Waals surface area contributed by atoms with Gasteiger partial charge in [-0.2, -0.15) is 0 Å². The fraction of sp³-hybridized carbons (Fsp3) is 0.250. The minimum Gasteiger partial charge on any atom is -0.479 e. The van der Waals surface area contributed by atoms with E-state index in [0.717, 1.165) is 29.5 Å². The van der Waals surface area contributed by atoms with Crippen LogP contribution in [0.3, 0.4) is 0 Å². The molecule has 1 aliphatic heterocycles. The first-order valence-electron chi connectivity index (χ1n) is 8.71. The van der Waals surface area contributed by atoms with Crippen molar-refractivity contribution in [3.05, 3.63) is 46.4 Å². The van der Waals surface area contributed by atoms with Gasteiger partial charge in [-0.1, -0.05) is 34.1 Å². The topological polar surface area (TPSA) is 94.9 Å². The van der Waals surface area contributed by atoms with Crippen LogP contribution < -0.4 is 0 Å². The molecule has 0 saturated carbocycles. The van der Waals surface area contributed by atoms with E-state index in [1.807, 2.05) is 24.3 Å². The van der Waals surface area contributed by atoms with Crippen molar-refractivity contribution in [3.8, 4) is 0 Å². The van der Waals surface area contributed by atoms with E-state index in [0.29, 0.717) is 12.0 Å². The first-order valence-corrected chi connectivity index (χ1v) is 10.3. The lowest BCUT2D eigenvalue weighted by molar-refractivity contribution is -0.148. The number of carbonyl (C=O) groups excluding carboxylic acids is 1. The molecular formula is C20H16BrNO5S. The number of carboxylic acid groups (broad SMARTS) is 2. The minimum absolute atomic E-state index is 0.124. The molecule has 4 rings (SSSR count). The Morgan fingerprint density at radius 1 is 1.07 bits per heavy atom. The summed E-state index contributed by atoms with van der Waals surface area (Å²) in [7, 11) is 0. The average molecular weight is 462 g/mol. The SMILES string of the molecule is O=C(CC1(C(=O)O)CCCN1C(=O)O)c1ccc2c(c1)sc1cc(Br)ccc12. The quantitative estimate of drug-likeness (QED) is 0.533. The van der Waals surface area contributed by atoms with Crippen LogP contribution in [0.25, 0.3) is 20.2 Å². The zero-order chi connectivity index (χ0) is 20.1. The van der Waals surface area contributed by atoms with E-state index in [4.69, 9.17) is 0 Å². The second-order valence-corrected chi connectivity index (χ2v) is 8.93. The predicted octanol–water partition coefficient (Wildman–Crippen LogP) is 4.99. The van der Waals surface area contributed by atoms with Gasteiger partial charge in [-0.05, 0) is 31.0 Å². The summed E-state index contributed by atoms with van der Waals surface area (Å²) in [5, 5.41) is 21.2. The van der Waals surface area contributed by atoms with Crippen LogP contribution in [-0.4, -0.2) is 45.0 Å². The van der Waals surface area contributed by atoms with Gasteiger partial charge in [0.2, 0.25) is 0 Å². The molecule has 3 aromatic rings. The van der Waals surface area contributed by atoms with Gasteiger partial charge in [0.25, 0.3) is 0 Å². The maximum atomic E-state index is 12.9. The molecule has 1 aromatic heterocycles. The molecule has 2 N–H and O–H groups in total. The molecule has 1 unspecified atom stereocenters. The number of hydrogen-bond donors (Lipinski definition) is 2. The van der Waals surface area contributed by atoms with E-state index in [9.17, 15) is 24.6 Å². The summed E-state index contributed by atoms with van der Waals surface area (Å²) >= 11 is 5.02. The Morgan fingerprint density at radius 2 is 1.75 bits per heavy atom. The normalized spacial score (nSPS) is 19.4. The molecular weight excluding hydrogens is 446 g/mol. The maximum Gasteiger partial charge on any atom is 0.408 e. The Balaban J connectivity index is 1.71. The highest BCUT2D eigenvalue weighted by Gasteiger charge is 2.51. The van der Waals surface area contributed by atoms with Gasteiger partial charge in [-0.25, -0.2) is 9.59 Å². The number of amides is 1. The Bertz CT molecular complexity index is 1140. The van der Waals surface area contributed by atoms with Crippen LogP contribution in [0.1, 0.15) is 29.6 Å². The molecule has 0 aliphatic carbocycles. The van der Waals surface area contributed by atoms with E-state index < -0.39 is 17.6 Å². The number of rotatable bonds is 4. The van der Waals surface area contributed by atoms with Crippen molar-refractivity contribution < 1.29 is 24.6 Å². The number of likely N-dealkylation sites (tertiary alicyclic amines) is 1. The Kier molecular flexibility index (Phi) is 4.63. The first kappa shape index (κ1) is 18.9. The van der Waals surface area contributed by atoms with Crippen molar-refractivity contribution in [2.45, 2.75) is 24.8 Å². The molecule has 8 heteroatoms. The summed E-state index contributed by atoms with van der Waals surface area (Å²) in [6, 6.07) is 11.3. The van der Waals surface area contributed by atoms with Crippen LogP contribution >= 0.6 is 27.3 Å². The maximum absolute atomic E-state index is 12.9. The highest BCUT2D eigenvalue weighted by Crippen LogP contribution is 2.37. The van der Waals surface area contributed by atoms with Crippen molar-refractivity contribution >= 4 is 65.3 Å². The molecule has 1 atom stereocenters. The standard InChI is InChI=1S/C20H16BrNO5S/c21-12-3-5-14-13-4-2-11(8-16(13)28-17(14)9-12)15(23)10-20(18(24)25)6-1-7-22(20)19(26)27/h2-5,8-9H,1,6-7,10H2,(H,24,25)(H,26,27). The number of benzene rings is 2. The number of thiophene rings is 1. The minimum atomic E-state index is -1.69. The van der Waals surface area contributed by atoms with Gasteiger partial charge in [-0.3, -0.25) is 9.69 Å². The summed E-state index contributed by atoms with van der Waals surface area (Å²) in [5.41, 5.74) is -1.29. The molecule has 144 valence electrons. The number of aliphatic carboxylic acids is 1. The van der Waals surface area contributed by atoms with E-state index in [1.165, 1.54) is 0 Å². The summed E-state index contributed by atoms with van der Waals surface area (Å²) in [4.78, 5) is 37.2. The summed E-state index contributed by atoms with van der Waals surface area (Å²) < 4.78 is 3.00. The third-order valence-corrected chi connectivity index (χ3v) is 6.94. The zero-order valence-electron chi connectivity index (χ0n) is 14.6. The van der Waals surface area contributed by atoms with Crippen LogP contribution in [0.15, 0.2) is 40.9 Å². The molecule has 1 saturated heterocycles. The van der Waals surface area contributed by atoms with Gasteiger partial charge in [-0.15, -0.1) is 11.3 Å². The lowest BCUT2D eigenvalue weighted by Gasteiger charge is -2.32.